The first-order valence-electron chi connectivity index (χ1n) is 15.6. The molecule has 3 heteroatoms. The first-order valence-corrected chi connectivity index (χ1v) is 15.6. The molecule has 2 aromatic heterocycles. The highest BCUT2D eigenvalue weighted by Crippen LogP contribution is 2.43. The van der Waals surface area contributed by atoms with Gasteiger partial charge in [0.2, 0.25) is 0 Å². The summed E-state index contributed by atoms with van der Waals surface area (Å²) in [4.78, 5) is 2.30. The van der Waals surface area contributed by atoms with Crippen LogP contribution in [0.4, 0.5) is 17.1 Å². The Balaban J connectivity index is 1.15. The molecule has 7 aromatic carbocycles. The highest BCUT2D eigenvalue weighted by atomic mass is 16.3. The maximum absolute atomic E-state index is 6.45. The van der Waals surface area contributed by atoms with Gasteiger partial charge in [-0.1, -0.05) is 103 Å². The van der Waals surface area contributed by atoms with E-state index in [-0.39, 0.29) is 0 Å². The third-order valence-electron chi connectivity index (χ3n) is 8.97. The lowest BCUT2D eigenvalue weighted by atomic mass is 9.98. The summed E-state index contributed by atoms with van der Waals surface area (Å²) in [6, 6.07) is 55.5. The summed E-state index contributed by atoms with van der Waals surface area (Å²) in [6.07, 6.45) is 0. The zero-order valence-corrected chi connectivity index (χ0v) is 25.3. The molecular weight excluding hydrogens is 562 g/mol. The maximum Gasteiger partial charge on any atom is 0.147 e. The summed E-state index contributed by atoms with van der Waals surface area (Å²) in [7, 11) is 0. The van der Waals surface area contributed by atoms with Crippen molar-refractivity contribution < 1.29 is 8.83 Å². The minimum atomic E-state index is 0.829. The van der Waals surface area contributed by atoms with Crippen molar-refractivity contribution in [1.29, 1.82) is 0 Å². The smallest absolute Gasteiger partial charge is 0.147 e. The van der Waals surface area contributed by atoms with Crippen molar-refractivity contribution >= 4 is 60.9 Å². The van der Waals surface area contributed by atoms with Crippen LogP contribution < -0.4 is 4.90 Å². The van der Waals surface area contributed by atoms with E-state index in [1.807, 2.05) is 18.2 Å². The number of fused-ring (bicyclic) bond motifs is 7. The van der Waals surface area contributed by atoms with E-state index in [1.165, 1.54) is 16.7 Å². The number of nitrogens with zero attached hydrogens (tertiary/aromatic N) is 1. The summed E-state index contributed by atoms with van der Waals surface area (Å²) in [5.41, 5.74) is 12.6. The second-order valence-electron chi connectivity index (χ2n) is 11.8. The normalized spacial score (nSPS) is 11.6. The number of aryl methyl sites for hydroxylation is 1. The van der Waals surface area contributed by atoms with Crippen LogP contribution in [0, 0.1) is 6.92 Å². The van der Waals surface area contributed by atoms with Crippen molar-refractivity contribution in [2.45, 2.75) is 6.92 Å². The van der Waals surface area contributed by atoms with Gasteiger partial charge in [0.15, 0.2) is 0 Å². The van der Waals surface area contributed by atoms with Crippen LogP contribution in [0.1, 0.15) is 5.56 Å². The number of anilines is 3. The Morgan fingerprint density at radius 3 is 1.72 bits per heavy atom. The summed E-state index contributed by atoms with van der Waals surface area (Å²) < 4.78 is 12.8. The quantitative estimate of drug-likeness (QED) is 0.199. The predicted octanol–water partition coefficient (Wildman–Crippen LogP) is 12.6. The topological polar surface area (TPSA) is 29.5 Å². The van der Waals surface area contributed by atoms with E-state index >= 15 is 0 Å². The third kappa shape index (κ3) is 4.28. The summed E-state index contributed by atoms with van der Waals surface area (Å²) in [5, 5.41) is 4.30. The molecule has 0 radical (unpaired) electrons. The molecule has 0 saturated heterocycles. The Bertz CT molecular complexity index is 2500. The molecule has 9 aromatic rings. The Hall–Kier alpha value is -6.06. The molecule has 0 amide bonds. The van der Waals surface area contributed by atoms with Gasteiger partial charge < -0.3 is 13.7 Å². The first-order chi connectivity index (χ1) is 22.7. The van der Waals surface area contributed by atoms with E-state index in [2.05, 4.69) is 151 Å². The van der Waals surface area contributed by atoms with Crippen LogP contribution in [-0.4, -0.2) is 0 Å². The molecule has 0 aliphatic heterocycles. The molecule has 0 unspecified atom stereocenters. The lowest BCUT2D eigenvalue weighted by Gasteiger charge is -2.26. The Morgan fingerprint density at radius 1 is 0.391 bits per heavy atom. The van der Waals surface area contributed by atoms with Crippen molar-refractivity contribution in [3.05, 3.63) is 163 Å². The molecule has 0 saturated carbocycles. The van der Waals surface area contributed by atoms with Crippen LogP contribution in [0.2, 0.25) is 0 Å². The first kappa shape index (κ1) is 26.4. The van der Waals surface area contributed by atoms with E-state index in [0.717, 1.165) is 72.1 Å². The molecule has 0 aliphatic carbocycles. The number of benzene rings is 7. The van der Waals surface area contributed by atoms with E-state index in [0.29, 0.717) is 0 Å². The molecule has 3 nitrogen and oxygen atoms in total. The van der Waals surface area contributed by atoms with E-state index in [4.69, 9.17) is 8.83 Å². The number of para-hydroxylation sites is 2. The van der Waals surface area contributed by atoms with Crippen molar-refractivity contribution in [2.75, 3.05) is 4.90 Å². The molecular formula is C43H29NO2. The molecule has 46 heavy (non-hydrogen) atoms. The number of hydrogen-bond acceptors (Lipinski definition) is 3. The average molecular weight is 592 g/mol. The minimum Gasteiger partial charge on any atom is -0.456 e. The van der Waals surface area contributed by atoms with Gasteiger partial charge in [-0.2, -0.15) is 0 Å². The molecule has 0 spiro atoms. The van der Waals surface area contributed by atoms with Crippen molar-refractivity contribution in [3.8, 4) is 22.3 Å². The van der Waals surface area contributed by atoms with E-state index in [9.17, 15) is 0 Å². The van der Waals surface area contributed by atoms with Crippen molar-refractivity contribution in [2.24, 2.45) is 0 Å². The van der Waals surface area contributed by atoms with Gasteiger partial charge in [-0.15, -0.1) is 0 Å². The van der Waals surface area contributed by atoms with Gasteiger partial charge in [-0.3, -0.25) is 0 Å². The maximum atomic E-state index is 6.45. The van der Waals surface area contributed by atoms with Crippen LogP contribution in [0.5, 0.6) is 0 Å². The molecule has 2 heterocycles. The van der Waals surface area contributed by atoms with Gasteiger partial charge in [0, 0.05) is 33.2 Å². The van der Waals surface area contributed by atoms with Crippen molar-refractivity contribution in [1.82, 2.24) is 0 Å². The fourth-order valence-corrected chi connectivity index (χ4v) is 6.69. The fourth-order valence-electron chi connectivity index (χ4n) is 6.69. The monoisotopic (exact) mass is 591 g/mol. The minimum absolute atomic E-state index is 0.829. The summed E-state index contributed by atoms with van der Waals surface area (Å²) in [5.74, 6) is 0. The Labute approximate surface area is 266 Å². The standard InChI is InChI=1S/C43H29NO2/c1-28-14-16-29(17-15-28)30-18-22-33(23-19-30)44(32-8-3-2-4-9-32)34-24-20-31(21-25-34)35-11-7-13-39-41(35)42-40(45-39)27-26-37-36-10-5-6-12-38(36)46-43(37)42/h2-27H,1H3. The summed E-state index contributed by atoms with van der Waals surface area (Å²) in [6.45, 7) is 2.12. The molecule has 0 fully saturated rings. The van der Waals surface area contributed by atoms with E-state index in [1.54, 1.807) is 0 Å². The van der Waals surface area contributed by atoms with Crippen molar-refractivity contribution in [3.63, 3.8) is 0 Å². The van der Waals surface area contributed by atoms with Gasteiger partial charge in [-0.05, 0) is 89.8 Å². The highest BCUT2D eigenvalue weighted by Gasteiger charge is 2.19. The molecule has 0 bridgehead atoms. The largest absolute Gasteiger partial charge is 0.456 e. The second-order valence-corrected chi connectivity index (χ2v) is 11.8. The van der Waals surface area contributed by atoms with Crippen LogP contribution in [0.3, 0.4) is 0 Å². The molecule has 0 N–H and O–H groups in total. The lowest BCUT2D eigenvalue weighted by Crippen LogP contribution is -2.09. The predicted molar refractivity (Wildman–Crippen MR) is 191 cm³/mol. The van der Waals surface area contributed by atoms with Gasteiger partial charge in [-0.25, -0.2) is 0 Å². The molecule has 0 atom stereocenters. The molecule has 0 aliphatic rings. The third-order valence-corrected chi connectivity index (χ3v) is 8.97. The van der Waals surface area contributed by atoms with Gasteiger partial charge in [0.1, 0.15) is 22.3 Å². The second kappa shape index (κ2) is 10.5. The van der Waals surface area contributed by atoms with E-state index < -0.39 is 0 Å². The fraction of sp³-hybridized carbons (Fsp3) is 0.0233. The highest BCUT2D eigenvalue weighted by molar-refractivity contribution is 6.24. The van der Waals surface area contributed by atoms with Crippen LogP contribution in [0.15, 0.2) is 167 Å². The van der Waals surface area contributed by atoms with Gasteiger partial charge in [0.05, 0.1) is 5.39 Å². The van der Waals surface area contributed by atoms with Gasteiger partial charge >= 0.3 is 0 Å². The zero-order chi connectivity index (χ0) is 30.6. The zero-order valence-electron chi connectivity index (χ0n) is 25.3. The Kier molecular flexibility index (Phi) is 6.04. The van der Waals surface area contributed by atoms with Crippen LogP contribution in [-0.2, 0) is 0 Å². The molecule has 218 valence electrons. The lowest BCUT2D eigenvalue weighted by molar-refractivity contribution is 0.663. The number of rotatable bonds is 5. The summed E-state index contributed by atoms with van der Waals surface area (Å²) >= 11 is 0. The Morgan fingerprint density at radius 2 is 0.978 bits per heavy atom. The van der Waals surface area contributed by atoms with Crippen LogP contribution >= 0.6 is 0 Å². The van der Waals surface area contributed by atoms with Gasteiger partial charge in [0.25, 0.3) is 0 Å². The number of furan rings is 2. The number of hydrogen-bond donors (Lipinski definition) is 0. The van der Waals surface area contributed by atoms with Crippen LogP contribution in [0.25, 0.3) is 66.1 Å². The molecule has 9 rings (SSSR count). The average Bonchev–Trinajstić information content (AvgIpc) is 3.68. The SMILES string of the molecule is Cc1ccc(-c2ccc(N(c3ccccc3)c3ccc(-c4cccc5oc6ccc7c8ccccc8oc7c6c45)cc3)cc2)cc1.